The number of para-hydroxylation sites is 1. The van der Waals surface area contributed by atoms with Crippen molar-refractivity contribution in [1.82, 2.24) is 10.4 Å². The zero-order valence-corrected chi connectivity index (χ0v) is 15.7. The number of ether oxygens (including phenoxy) is 1. The lowest BCUT2D eigenvalue weighted by Crippen LogP contribution is -2.21. The molecular weight excluding hydrogens is 384 g/mol. The molecule has 0 bridgehead atoms. The van der Waals surface area contributed by atoms with Gasteiger partial charge in [0.2, 0.25) is 5.91 Å². The van der Waals surface area contributed by atoms with Gasteiger partial charge in [0.1, 0.15) is 5.75 Å². The summed E-state index contributed by atoms with van der Waals surface area (Å²) >= 11 is 1.38. The fourth-order valence-corrected chi connectivity index (χ4v) is 3.29. The number of carbonyl (C=O) groups is 1. The molecule has 1 N–H and O–H groups in total. The molecule has 0 saturated heterocycles. The SMILES string of the molecule is C/C(=N/NC(=O)CSc1cccc2cccnc12)c1ccc(OC(F)F)cc1. The van der Waals surface area contributed by atoms with Crippen LogP contribution in [0.2, 0.25) is 0 Å². The first-order chi connectivity index (χ1) is 13.5. The van der Waals surface area contributed by atoms with Gasteiger partial charge in [0, 0.05) is 16.5 Å². The summed E-state index contributed by atoms with van der Waals surface area (Å²) in [5.74, 6) is -0.00111. The van der Waals surface area contributed by atoms with Gasteiger partial charge in [-0.2, -0.15) is 13.9 Å². The van der Waals surface area contributed by atoms with Crippen molar-refractivity contribution >= 4 is 34.3 Å². The van der Waals surface area contributed by atoms with Crippen molar-refractivity contribution < 1.29 is 18.3 Å². The second-order valence-corrected chi connectivity index (χ2v) is 6.77. The third kappa shape index (κ3) is 5.26. The second-order valence-electron chi connectivity index (χ2n) is 5.76. The van der Waals surface area contributed by atoms with Crippen LogP contribution in [0.3, 0.4) is 0 Å². The zero-order chi connectivity index (χ0) is 19.9. The topological polar surface area (TPSA) is 63.6 Å². The maximum absolute atomic E-state index is 12.2. The van der Waals surface area contributed by atoms with Gasteiger partial charge in [-0.05, 0) is 48.9 Å². The Kier molecular flexibility index (Phi) is 6.54. The van der Waals surface area contributed by atoms with Crippen LogP contribution in [0.5, 0.6) is 5.75 Å². The van der Waals surface area contributed by atoms with E-state index < -0.39 is 6.61 Å². The van der Waals surface area contributed by atoms with E-state index in [0.29, 0.717) is 11.3 Å². The van der Waals surface area contributed by atoms with E-state index in [2.05, 4.69) is 20.2 Å². The summed E-state index contributed by atoms with van der Waals surface area (Å²) < 4.78 is 28.6. The molecule has 0 aliphatic rings. The minimum atomic E-state index is -2.87. The van der Waals surface area contributed by atoms with Crippen LogP contribution in [0.25, 0.3) is 10.9 Å². The van der Waals surface area contributed by atoms with E-state index in [1.807, 2.05) is 30.3 Å². The Morgan fingerprint density at radius 2 is 1.93 bits per heavy atom. The molecule has 1 amide bonds. The number of carbonyl (C=O) groups excluding carboxylic acids is 1. The van der Waals surface area contributed by atoms with E-state index in [9.17, 15) is 13.6 Å². The number of hydrazone groups is 1. The van der Waals surface area contributed by atoms with Crippen LogP contribution in [-0.2, 0) is 4.79 Å². The normalized spacial score (nSPS) is 11.6. The van der Waals surface area contributed by atoms with Crippen molar-refractivity contribution in [2.24, 2.45) is 5.10 Å². The Morgan fingerprint density at radius 1 is 1.18 bits per heavy atom. The lowest BCUT2D eigenvalue weighted by atomic mass is 10.1. The molecule has 1 heterocycles. The number of aromatic nitrogens is 1. The van der Waals surface area contributed by atoms with Crippen LogP contribution in [0.1, 0.15) is 12.5 Å². The van der Waals surface area contributed by atoms with Crippen molar-refractivity contribution in [3.05, 3.63) is 66.4 Å². The number of thioether (sulfide) groups is 1. The first kappa shape index (κ1) is 19.8. The summed E-state index contributed by atoms with van der Waals surface area (Å²) in [7, 11) is 0. The molecule has 0 atom stereocenters. The Hall–Kier alpha value is -3.00. The van der Waals surface area contributed by atoms with E-state index >= 15 is 0 Å². The Labute approximate surface area is 164 Å². The van der Waals surface area contributed by atoms with Gasteiger partial charge < -0.3 is 4.74 Å². The van der Waals surface area contributed by atoms with Crippen molar-refractivity contribution in [2.45, 2.75) is 18.4 Å². The largest absolute Gasteiger partial charge is 0.435 e. The molecular formula is C20H17F2N3O2S. The number of hydrogen-bond donors (Lipinski definition) is 1. The number of hydrogen-bond acceptors (Lipinski definition) is 5. The summed E-state index contributed by atoms with van der Waals surface area (Å²) in [6.07, 6.45) is 1.72. The minimum Gasteiger partial charge on any atom is -0.435 e. The lowest BCUT2D eigenvalue weighted by Gasteiger charge is -2.07. The molecule has 0 spiro atoms. The van der Waals surface area contributed by atoms with Crippen molar-refractivity contribution in [1.29, 1.82) is 0 Å². The number of amides is 1. The first-order valence-corrected chi connectivity index (χ1v) is 9.36. The minimum absolute atomic E-state index is 0.0654. The monoisotopic (exact) mass is 401 g/mol. The van der Waals surface area contributed by atoms with Crippen LogP contribution in [0, 0.1) is 0 Å². The molecule has 28 heavy (non-hydrogen) atoms. The Bertz CT molecular complexity index is 989. The Morgan fingerprint density at radius 3 is 2.68 bits per heavy atom. The molecule has 3 rings (SSSR count). The highest BCUT2D eigenvalue weighted by atomic mass is 32.2. The number of nitrogens with zero attached hydrogens (tertiary/aromatic N) is 2. The van der Waals surface area contributed by atoms with E-state index in [1.54, 1.807) is 25.3 Å². The third-order valence-corrected chi connectivity index (χ3v) is 4.85. The van der Waals surface area contributed by atoms with E-state index in [0.717, 1.165) is 15.8 Å². The van der Waals surface area contributed by atoms with Gasteiger partial charge in [-0.3, -0.25) is 9.78 Å². The number of nitrogens with one attached hydrogen (secondary N) is 1. The molecule has 0 fully saturated rings. The molecule has 0 aliphatic heterocycles. The molecule has 2 aromatic carbocycles. The zero-order valence-electron chi connectivity index (χ0n) is 14.9. The van der Waals surface area contributed by atoms with E-state index in [4.69, 9.17) is 0 Å². The first-order valence-electron chi connectivity index (χ1n) is 8.38. The quantitative estimate of drug-likeness (QED) is 0.360. The molecule has 0 radical (unpaired) electrons. The number of pyridine rings is 1. The highest BCUT2D eigenvalue weighted by Gasteiger charge is 2.07. The highest BCUT2D eigenvalue weighted by molar-refractivity contribution is 8.00. The number of rotatable bonds is 7. The van der Waals surface area contributed by atoms with Crippen molar-refractivity contribution in [3.8, 4) is 5.75 Å². The molecule has 8 heteroatoms. The summed E-state index contributed by atoms with van der Waals surface area (Å²) in [6.45, 7) is -1.15. The van der Waals surface area contributed by atoms with Gasteiger partial charge in [0.15, 0.2) is 0 Å². The predicted octanol–water partition coefficient (Wildman–Crippen LogP) is 4.47. The summed E-state index contributed by atoms with van der Waals surface area (Å²) in [4.78, 5) is 17.4. The third-order valence-electron chi connectivity index (χ3n) is 3.80. The van der Waals surface area contributed by atoms with Crippen LogP contribution < -0.4 is 10.2 Å². The summed E-state index contributed by atoms with van der Waals surface area (Å²) in [5, 5.41) is 5.07. The molecule has 0 saturated carbocycles. The average molecular weight is 401 g/mol. The lowest BCUT2D eigenvalue weighted by molar-refractivity contribution is -0.118. The number of benzene rings is 2. The maximum Gasteiger partial charge on any atom is 0.387 e. The van der Waals surface area contributed by atoms with E-state index in [-0.39, 0.29) is 17.4 Å². The molecule has 0 aliphatic carbocycles. The summed E-state index contributed by atoms with van der Waals surface area (Å²) in [6, 6.07) is 15.7. The second kappa shape index (κ2) is 9.27. The maximum atomic E-state index is 12.2. The van der Waals surface area contributed by atoms with Gasteiger partial charge in [0.05, 0.1) is 17.0 Å². The number of alkyl halides is 2. The standard InChI is InChI=1S/C20H17F2N3O2S/c1-13(14-7-9-16(10-8-14)27-20(21)22)24-25-18(26)12-28-17-6-2-4-15-5-3-11-23-19(15)17/h2-11,20H,12H2,1H3,(H,25,26)/b24-13-. The van der Waals surface area contributed by atoms with Crippen LogP contribution in [-0.4, -0.2) is 29.0 Å². The highest BCUT2D eigenvalue weighted by Crippen LogP contribution is 2.25. The van der Waals surface area contributed by atoms with Gasteiger partial charge in [-0.15, -0.1) is 11.8 Å². The molecule has 0 unspecified atom stereocenters. The number of halogens is 2. The Balaban J connectivity index is 1.57. The van der Waals surface area contributed by atoms with Crippen molar-refractivity contribution in [3.63, 3.8) is 0 Å². The van der Waals surface area contributed by atoms with Gasteiger partial charge in [-0.1, -0.05) is 18.2 Å². The molecule has 5 nitrogen and oxygen atoms in total. The fraction of sp³-hybridized carbons (Fsp3) is 0.150. The molecule has 144 valence electrons. The van der Waals surface area contributed by atoms with Gasteiger partial charge in [-0.25, -0.2) is 5.43 Å². The van der Waals surface area contributed by atoms with E-state index in [1.165, 1.54) is 23.9 Å². The average Bonchev–Trinajstić information content (AvgIpc) is 2.70. The fourth-order valence-electron chi connectivity index (χ4n) is 2.46. The van der Waals surface area contributed by atoms with Crippen LogP contribution in [0.15, 0.2) is 70.8 Å². The molecule has 1 aromatic heterocycles. The van der Waals surface area contributed by atoms with Gasteiger partial charge in [0.25, 0.3) is 0 Å². The smallest absolute Gasteiger partial charge is 0.387 e. The number of fused-ring (bicyclic) bond motifs is 1. The van der Waals surface area contributed by atoms with Gasteiger partial charge >= 0.3 is 6.61 Å². The van der Waals surface area contributed by atoms with Crippen LogP contribution in [0.4, 0.5) is 8.78 Å². The predicted molar refractivity (Wildman–Crippen MR) is 106 cm³/mol. The summed E-state index contributed by atoms with van der Waals surface area (Å²) in [5.41, 5.74) is 4.60. The molecule has 3 aromatic rings. The van der Waals surface area contributed by atoms with Crippen LogP contribution >= 0.6 is 11.8 Å². The van der Waals surface area contributed by atoms with Crippen molar-refractivity contribution in [2.75, 3.05) is 5.75 Å².